The molecule has 0 atom stereocenters. The molecule has 0 unspecified atom stereocenters. The second kappa shape index (κ2) is 7.33. The predicted octanol–water partition coefficient (Wildman–Crippen LogP) is 2.41. The molecule has 0 radical (unpaired) electrons. The normalized spacial score (nSPS) is 17.4. The van der Waals surface area contributed by atoms with Gasteiger partial charge in [0.25, 0.3) is 0 Å². The smallest absolute Gasteiger partial charge is 0.202 e. The molecular weight excluding hydrogens is 272 g/mol. The monoisotopic (exact) mass is 298 g/mol. The maximum absolute atomic E-state index is 5.87. The van der Waals surface area contributed by atoms with E-state index in [0.717, 1.165) is 56.5 Å². The fourth-order valence-electron chi connectivity index (χ4n) is 2.08. The minimum Gasteiger partial charge on any atom is -0.378 e. The third kappa shape index (κ3) is 5.00. The lowest BCUT2D eigenvalue weighted by molar-refractivity contribution is 0.0329. The molecule has 2 N–H and O–H groups in total. The van der Waals surface area contributed by atoms with Gasteiger partial charge in [0.05, 0.1) is 6.10 Å². The van der Waals surface area contributed by atoms with Gasteiger partial charge < -0.3 is 15.4 Å². The van der Waals surface area contributed by atoms with Crippen molar-refractivity contribution in [3.63, 3.8) is 0 Å². The number of nitrogens with one attached hydrogen (secondary N) is 2. The lowest BCUT2D eigenvalue weighted by atomic mass is 9.96. The van der Waals surface area contributed by atoms with E-state index >= 15 is 0 Å². The number of aromatic nitrogens is 2. The molecule has 0 amide bonds. The molecule has 1 fully saturated rings. The molecule has 2 heterocycles. The van der Waals surface area contributed by atoms with Crippen LogP contribution in [-0.4, -0.2) is 41.7 Å². The SMILES string of the molecule is CC(C)(C)c1nsc(NCCCOC2CCNCC2)n1. The molecule has 6 heteroatoms. The fourth-order valence-corrected chi connectivity index (χ4v) is 2.86. The summed E-state index contributed by atoms with van der Waals surface area (Å²) < 4.78 is 10.3. The summed E-state index contributed by atoms with van der Waals surface area (Å²) in [6.45, 7) is 10.3. The van der Waals surface area contributed by atoms with Crippen LogP contribution in [0.15, 0.2) is 0 Å². The Bertz CT molecular complexity index is 396. The van der Waals surface area contributed by atoms with Crippen LogP contribution >= 0.6 is 11.5 Å². The molecule has 0 saturated carbocycles. The number of piperidine rings is 1. The highest BCUT2D eigenvalue weighted by Gasteiger charge is 2.19. The van der Waals surface area contributed by atoms with E-state index in [9.17, 15) is 0 Å². The van der Waals surface area contributed by atoms with E-state index in [1.54, 1.807) is 0 Å². The maximum Gasteiger partial charge on any atom is 0.202 e. The standard InChI is InChI=1S/C14H26N4OS/c1-14(2,3)12-17-13(20-18-12)16-7-4-10-19-11-5-8-15-9-6-11/h11,15H,4-10H2,1-3H3,(H,16,17,18). The van der Waals surface area contributed by atoms with Crippen LogP contribution in [0.1, 0.15) is 45.9 Å². The Morgan fingerprint density at radius 2 is 2.10 bits per heavy atom. The molecule has 114 valence electrons. The summed E-state index contributed by atoms with van der Waals surface area (Å²) in [6, 6.07) is 0. The largest absolute Gasteiger partial charge is 0.378 e. The zero-order valence-electron chi connectivity index (χ0n) is 12.7. The van der Waals surface area contributed by atoms with E-state index in [0.29, 0.717) is 6.10 Å². The summed E-state index contributed by atoms with van der Waals surface area (Å²) >= 11 is 1.44. The fraction of sp³-hybridized carbons (Fsp3) is 0.857. The number of hydrogen-bond donors (Lipinski definition) is 2. The van der Waals surface area contributed by atoms with Gasteiger partial charge in [-0.05, 0) is 32.4 Å². The molecule has 2 rings (SSSR count). The van der Waals surface area contributed by atoms with E-state index in [1.165, 1.54) is 11.5 Å². The van der Waals surface area contributed by atoms with Crippen molar-refractivity contribution in [1.29, 1.82) is 0 Å². The Hall–Kier alpha value is -0.720. The van der Waals surface area contributed by atoms with Gasteiger partial charge in [-0.25, -0.2) is 4.98 Å². The minimum atomic E-state index is 0.0224. The van der Waals surface area contributed by atoms with Crippen molar-refractivity contribution in [2.75, 3.05) is 31.6 Å². The first-order chi connectivity index (χ1) is 9.55. The minimum absolute atomic E-state index is 0.0224. The number of ether oxygens (including phenoxy) is 1. The number of hydrogen-bond acceptors (Lipinski definition) is 6. The van der Waals surface area contributed by atoms with Crippen LogP contribution in [0.3, 0.4) is 0 Å². The molecule has 0 bridgehead atoms. The van der Waals surface area contributed by atoms with Crippen molar-refractivity contribution in [3.8, 4) is 0 Å². The summed E-state index contributed by atoms with van der Waals surface area (Å²) in [7, 11) is 0. The molecule has 1 aromatic heterocycles. The average molecular weight is 298 g/mol. The second-order valence-electron chi connectivity index (χ2n) is 6.27. The number of anilines is 1. The van der Waals surface area contributed by atoms with Crippen LogP contribution in [0.5, 0.6) is 0 Å². The lowest BCUT2D eigenvalue weighted by Gasteiger charge is -2.22. The maximum atomic E-state index is 5.87. The van der Waals surface area contributed by atoms with Gasteiger partial charge >= 0.3 is 0 Å². The second-order valence-corrected chi connectivity index (χ2v) is 7.03. The molecule has 5 nitrogen and oxygen atoms in total. The molecule has 1 aliphatic heterocycles. The Morgan fingerprint density at radius 3 is 2.75 bits per heavy atom. The number of nitrogens with zero attached hydrogens (tertiary/aromatic N) is 2. The van der Waals surface area contributed by atoms with Crippen LogP contribution in [0, 0.1) is 0 Å². The topological polar surface area (TPSA) is 59.1 Å². The van der Waals surface area contributed by atoms with Crippen LogP contribution in [-0.2, 0) is 10.2 Å². The molecular formula is C14H26N4OS. The van der Waals surface area contributed by atoms with Crippen molar-refractivity contribution in [2.45, 2.75) is 51.6 Å². The Balaban J connectivity index is 1.60. The highest BCUT2D eigenvalue weighted by Crippen LogP contribution is 2.22. The van der Waals surface area contributed by atoms with Crippen LogP contribution in [0.25, 0.3) is 0 Å². The zero-order chi connectivity index (χ0) is 14.4. The third-order valence-corrected chi connectivity index (χ3v) is 4.01. The quantitative estimate of drug-likeness (QED) is 0.790. The predicted molar refractivity (Wildman–Crippen MR) is 83.6 cm³/mol. The Kier molecular flexibility index (Phi) is 5.74. The van der Waals surface area contributed by atoms with Gasteiger partial charge in [-0.1, -0.05) is 20.8 Å². The molecule has 1 saturated heterocycles. The highest BCUT2D eigenvalue weighted by molar-refractivity contribution is 7.09. The van der Waals surface area contributed by atoms with Gasteiger partial charge in [0.15, 0.2) is 0 Å². The highest BCUT2D eigenvalue weighted by atomic mass is 32.1. The average Bonchev–Trinajstić information content (AvgIpc) is 2.88. The van der Waals surface area contributed by atoms with E-state index in [-0.39, 0.29) is 5.41 Å². The van der Waals surface area contributed by atoms with E-state index in [1.807, 2.05) is 0 Å². The summed E-state index contributed by atoms with van der Waals surface area (Å²) in [6.07, 6.45) is 3.73. The van der Waals surface area contributed by atoms with Gasteiger partial charge in [-0.3, -0.25) is 0 Å². The first-order valence-electron chi connectivity index (χ1n) is 7.46. The summed E-state index contributed by atoms with van der Waals surface area (Å²) in [5.74, 6) is 0.913. The molecule has 0 spiro atoms. The molecule has 0 aliphatic carbocycles. The number of rotatable bonds is 6. The third-order valence-electron chi connectivity index (χ3n) is 3.33. The summed E-state index contributed by atoms with van der Waals surface area (Å²) in [5.41, 5.74) is 0.0224. The zero-order valence-corrected chi connectivity index (χ0v) is 13.6. The van der Waals surface area contributed by atoms with Gasteiger partial charge in [0, 0.05) is 30.1 Å². The Morgan fingerprint density at radius 1 is 1.35 bits per heavy atom. The summed E-state index contributed by atoms with van der Waals surface area (Å²) in [4.78, 5) is 4.52. The first kappa shape index (κ1) is 15.7. The van der Waals surface area contributed by atoms with Gasteiger partial charge in [0.2, 0.25) is 5.13 Å². The van der Waals surface area contributed by atoms with Gasteiger partial charge in [-0.15, -0.1) is 0 Å². The summed E-state index contributed by atoms with van der Waals surface area (Å²) in [5, 5.41) is 7.59. The van der Waals surface area contributed by atoms with Crippen LogP contribution < -0.4 is 10.6 Å². The van der Waals surface area contributed by atoms with Crippen molar-refractivity contribution >= 4 is 16.7 Å². The van der Waals surface area contributed by atoms with Gasteiger partial charge in [0.1, 0.15) is 5.82 Å². The van der Waals surface area contributed by atoms with E-state index in [2.05, 4.69) is 40.8 Å². The molecule has 1 aliphatic rings. The molecule has 0 aromatic carbocycles. The first-order valence-corrected chi connectivity index (χ1v) is 8.23. The lowest BCUT2D eigenvalue weighted by Crippen LogP contribution is -2.32. The van der Waals surface area contributed by atoms with Crippen LogP contribution in [0.2, 0.25) is 0 Å². The molecule has 20 heavy (non-hydrogen) atoms. The van der Waals surface area contributed by atoms with Gasteiger partial charge in [-0.2, -0.15) is 4.37 Å². The van der Waals surface area contributed by atoms with E-state index in [4.69, 9.17) is 4.74 Å². The van der Waals surface area contributed by atoms with Crippen molar-refractivity contribution < 1.29 is 4.74 Å². The van der Waals surface area contributed by atoms with Crippen molar-refractivity contribution in [1.82, 2.24) is 14.7 Å². The van der Waals surface area contributed by atoms with Crippen LogP contribution in [0.4, 0.5) is 5.13 Å². The van der Waals surface area contributed by atoms with Crippen molar-refractivity contribution in [3.05, 3.63) is 5.82 Å². The Labute approximate surface area is 125 Å². The van der Waals surface area contributed by atoms with E-state index < -0.39 is 0 Å². The molecule has 1 aromatic rings. The van der Waals surface area contributed by atoms with Crippen molar-refractivity contribution in [2.24, 2.45) is 0 Å².